The van der Waals surface area contributed by atoms with Gasteiger partial charge >= 0.3 is 0 Å². The van der Waals surface area contributed by atoms with Gasteiger partial charge in [0.05, 0.1) is 12.6 Å². The number of rotatable bonds is 42. The molecule has 0 spiro atoms. The van der Waals surface area contributed by atoms with E-state index in [9.17, 15) is 14.7 Å². The molecule has 0 saturated carbocycles. The van der Waals surface area contributed by atoms with Gasteiger partial charge in [0.15, 0.2) is 0 Å². The molecule has 0 aromatic heterocycles. The van der Waals surface area contributed by atoms with Crippen LogP contribution in [-0.4, -0.2) is 29.4 Å². The van der Waals surface area contributed by atoms with E-state index in [-0.39, 0.29) is 18.6 Å². The highest BCUT2D eigenvalue weighted by atomic mass is 16.3. The van der Waals surface area contributed by atoms with E-state index in [1.165, 1.54) is 193 Å². The number of Topliss-reactive ketones (excluding diaryl/α,β-unsaturated/α-hetero) is 1. The minimum absolute atomic E-state index is 0.0510. The van der Waals surface area contributed by atoms with E-state index in [1.54, 1.807) is 0 Å². The first-order chi connectivity index (χ1) is 24.1. The van der Waals surface area contributed by atoms with E-state index in [0.717, 1.165) is 51.4 Å². The number of carbonyl (C=O) groups excluding carboxylic acids is 2. The highest BCUT2D eigenvalue weighted by Gasteiger charge is 2.11. The molecule has 0 aliphatic heterocycles. The molecular formula is C45H89NO3. The summed E-state index contributed by atoms with van der Waals surface area (Å²) in [5.74, 6) is 0.580. The number of aliphatic hydroxyl groups is 1. The van der Waals surface area contributed by atoms with Crippen molar-refractivity contribution in [3.63, 3.8) is 0 Å². The lowest BCUT2D eigenvalue weighted by Gasteiger charge is -2.16. The minimum Gasteiger partial charge on any atom is -0.394 e. The van der Waals surface area contributed by atoms with Gasteiger partial charge < -0.3 is 10.4 Å². The molecule has 0 aliphatic rings. The molecule has 1 amide bonds. The molecule has 0 aliphatic carbocycles. The summed E-state index contributed by atoms with van der Waals surface area (Å²) in [6.45, 7) is 4.61. The van der Waals surface area contributed by atoms with Crippen molar-refractivity contribution in [1.82, 2.24) is 5.32 Å². The third-order valence-corrected chi connectivity index (χ3v) is 10.7. The Kier molecular flexibility index (Phi) is 40.8. The second-order valence-corrected chi connectivity index (χ2v) is 15.7. The van der Waals surface area contributed by atoms with Gasteiger partial charge in [-0.2, -0.15) is 0 Å². The predicted molar refractivity (Wildman–Crippen MR) is 215 cm³/mol. The molecule has 0 radical (unpaired) electrons. The Labute approximate surface area is 307 Å². The van der Waals surface area contributed by atoms with Gasteiger partial charge in [-0.3, -0.25) is 9.59 Å². The van der Waals surface area contributed by atoms with Gasteiger partial charge in [-0.1, -0.05) is 219 Å². The quantitative estimate of drug-likeness (QED) is 0.0626. The van der Waals surface area contributed by atoms with E-state index < -0.39 is 0 Å². The Bertz CT molecular complexity index is 666. The Morgan fingerprint density at radius 3 is 0.959 bits per heavy atom. The smallest absolute Gasteiger partial charge is 0.220 e. The predicted octanol–water partition coefficient (Wildman–Crippen LogP) is 14.3. The van der Waals surface area contributed by atoms with Crippen molar-refractivity contribution in [1.29, 1.82) is 0 Å². The number of unbranched alkanes of at least 4 members (excludes halogenated alkanes) is 32. The summed E-state index contributed by atoms with van der Waals surface area (Å²) >= 11 is 0. The number of hydrogen-bond acceptors (Lipinski definition) is 3. The fraction of sp³-hybridized carbons (Fsp3) is 0.956. The van der Waals surface area contributed by atoms with Crippen molar-refractivity contribution in [3.05, 3.63) is 0 Å². The summed E-state index contributed by atoms with van der Waals surface area (Å²) in [6, 6.07) is -0.0780. The molecule has 1 atom stereocenters. The summed E-state index contributed by atoms with van der Waals surface area (Å²) in [4.78, 5) is 24.5. The SMILES string of the molecule is CCCCCCCCCCCCCCCCCC[C@@H](CO)NC(=O)CCCCCCCCCCC(=O)CCCCCCCCCCCCC. The summed E-state index contributed by atoms with van der Waals surface area (Å²) in [5.41, 5.74) is 0. The first-order valence-electron chi connectivity index (χ1n) is 22.6. The lowest BCUT2D eigenvalue weighted by molar-refractivity contribution is -0.122. The Morgan fingerprint density at radius 1 is 0.388 bits per heavy atom. The Hall–Kier alpha value is -0.900. The van der Waals surface area contributed by atoms with Crippen molar-refractivity contribution < 1.29 is 14.7 Å². The van der Waals surface area contributed by atoms with Crippen LogP contribution >= 0.6 is 0 Å². The average Bonchev–Trinajstić information content (AvgIpc) is 3.10. The number of aliphatic hydroxyl groups excluding tert-OH is 1. The average molecular weight is 692 g/mol. The maximum Gasteiger partial charge on any atom is 0.220 e. The first kappa shape index (κ1) is 48.1. The van der Waals surface area contributed by atoms with Gasteiger partial charge in [-0.25, -0.2) is 0 Å². The maximum absolute atomic E-state index is 12.4. The zero-order valence-electron chi connectivity index (χ0n) is 33.6. The van der Waals surface area contributed by atoms with E-state index in [0.29, 0.717) is 12.2 Å². The first-order valence-corrected chi connectivity index (χ1v) is 22.6. The molecule has 0 saturated heterocycles. The third-order valence-electron chi connectivity index (χ3n) is 10.7. The molecule has 0 rings (SSSR count). The molecule has 0 aromatic carbocycles. The summed E-state index contributed by atoms with van der Waals surface area (Å²) in [6.07, 6.45) is 48.7. The molecule has 2 N–H and O–H groups in total. The van der Waals surface area contributed by atoms with Crippen LogP contribution < -0.4 is 5.32 Å². The van der Waals surface area contributed by atoms with Crippen LogP contribution in [0, 0.1) is 0 Å². The molecule has 0 fully saturated rings. The van der Waals surface area contributed by atoms with Crippen LogP contribution in [0.15, 0.2) is 0 Å². The standard InChI is InChI=1S/C45H89NO3/c1-3-5-7-9-11-13-15-16-17-18-19-21-22-26-30-34-38-43(42-47)46-45(49)41-37-33-29-25-24-28-32-36-40-44(48)39-35-31-27-23-20-14-12-10-8-6-4-2/h43,47H,3-42H2,1-2H3,(H,46,49)/t43-/m0/s1. The highest BCUT2D eigenvalue weighted by Crippen LogP contribution is 2.16. The summed E-state index contributed by atoms with van der Waals surface area (Å²) in [7, 11) is 0. The maximum atomic E-state index is 12.4. The van der Waals surface area contributed by atoms with Gasteiger partial charge in [0, 0.05) is 19.3 Å². The molecule has 0 bridgehead atoms. The van der Waals surface area contributed by atoms with Crippen LogP contribution in [0.3, 0.4) is 0 Å². The van der Waals surface area contributed by atoms with Crippen LogP contribution in [0.5, 0.6) is 0 Å². The minimum atomic E-state index is -0.0780. The second-order valence-electron chi connectivity index (χ2n) is 15.7. The van der Waals surface area contributed by atoms with Crippen LogP contribution in [0.4, 0.5) is 0 Å². The van der Waals surface area contributed by atoms with Crippen LogP contribution in [-0.2, 0) is 9.59 Å². The van der Waals surface area contributed by atoms with Crippen molar-refractivity contribution >= 4 is 11.7 Å². The van der Waals surface area contributed by atoms with Gasteiger partial charge in [0.2, 0.25) is 5.91 Å². The Balaban J connectivity index is 3.42. The number of hydrogen-bond donors (Lipinski definition) is 2. The highest BCUT2D eigenvalue weighted by molar-refractivity contribution is 5.78. The zero-order chi connectivity index (χ0) is 35.7. The van der Waals surface area contributed by atoms with Gasteiger partial charge in [0.25, 0.3) is 0 Å². The van der Waals surface area contributed by atoms with E-state index >= 15 is 0 Å². The fourth-order valence-corrected chi connectivity index (χ4v) is 7.23. The number of ketones is 1. The molecule has 4 heteroatoms. The van der Waals surface area contributed by atoms with E-state index in [2.05, 4.69) is 19.2 Å². The van der Waals surface area contributed by atoms with Gasteiger partial charge in [-0.05, 0) is 25.7 Å². The number of amides is 1. The van der Waals surface area contributed by atoms with E-state index in [4.69, 9.17) is 0 Å². The normalized spacial score (nSPS) is 12.1. The van der Waals surface area contributed by atoms with Crippen LogP contribution in [0.25, 0.3) is 0 Å². The lowest BCUT2D eigenvalue weighted by atomic mass is 10.0. The van der Waals surface area contributed by atoms with Crippen molar-refractivity contribution in [2.75, 3.05) is 6.61 Å². The summed E-state index contributed by atoms with van der Waals surface area (Å²) in [5, 5.41) is 12.8. The third kappa shape index (κ3) is 39.7. The van der Waals surface area contributed by atoms with Crippen LogP contribution in [0.1, 0.15) is 264 Å². The molecule has 0 heterocycles. The second kappa shape index (κ2) is 41.5. The van der Waals surface area contributed by atoms with Crippen molar-refractivity contribution in [2.24, 2.45) is 0 Å². The molecule has 49 heavy (non-hydrogen) atoms. The number of nitrogens with one attached hydrogen (secondary N) is 1. The van der Waals surface area contributed by atoms with Crippen molar-refractivity contribution in [2.45, 2.75) is 270 Å². The monoisotopic (exact) mass is 692 g/mol. The summed E-state index contributed by atoms with van der Waals surface area (Å²) < 4.78 is 0. The van der Waals surface area contributed by atoms with Gasteiger partial charge in [0.1, 0.15) is 5.78 Å². The molecule has 0 aromatic rings. The number of carbonyl (C=O) groups is 2. The van der Waals surface area contributed by atoms with Crippen LogP contribution in [0.2, 0.25) is 0 Å². The zero-order valence-corrected chi connectivity index (χ0v) is 33.6. The van der Waals surface area contributed by atoms with Crippen molar-refractivity contribution in [3.8, 4) is 0 Å². The fourth-order valence-electron chi connectivity index (χ4n) is 7.23. The van der Waals surface area contributed by atoms with E-state index in [1.807, 2.05) is 0 Å². The topological polar surface area (TPSA) is 66.4 Å². The Morgan fingerprint density at radius 2 is 0.653 bits per heavy atom. The molecular weight excluding hydrogens is 602 g/mol. The molecule has 0 unspecified atom stereocenters. The lowest BCUT2D eigenvalue weighted by Crippen LogP contribution is -2.37. The molecule has 4 nitrogen and oxygen atoms in total. The largest absolute Gasteiger partial charge is 0.394 e. The van der Waals surface area contributed by atoms with Gasteiger partial charge in [-0.15, -0.1) is 0 Å². The molecule has 292 valence electrons.